The van der Waals surface area contributed by atoms with Gasteiger partial charge in [-0.1, -0.05) is 0 Å². The van der Waals surface area contributed by atoms with Crippen LogP contribution in [0.4, 0.5) is 5.82 Å². The van der Waals surface area contributed by atoms with Crippen LogP contribution in [-0.2, 0) is 10.0 Å². The molecule has 2 rings (SSSR count). The number of anilines is 1. The molecule has 1 aromatic heterocycles. The number of nitrogens with zero attached hydrogens (tertiary/aromatic N) is 1. The van der Waals surface area contributed by atoms with Gasteiger partial charge in [-0.05, 0) is 44.0 Å². The van der Waals surface area contributed by atoms with Crippen molar-refractivity contribution in [3.05, 3.63) is 40.6 Å². The lowest BCUT2D eigenvalue weighted by molar-refractivity contribution is 0.0696. The zero-order chi connectivity index (χ0) is 15.8. The normalized spacial score (nSPS) is 11.4. The summed E-state index contributed by atoms with van der Waals surface area (Å²) in [5.41, 5.74) is 1.73. The first-order chi connectivity index (χ1) is 9.70. The monoisotopic (exact) mass is 309 g/mol. The number of H-pyrrole nitrogens is 1. The second-order valence-electron chi connectivity index (χ2n) is 4.76. The Bertz CT molecular complexity index is 809. The van der Waals surface area contributed by atoms with E-state index < -0.39 is 16.0 Å². The number of carboxylic acid groups (broad SMARTS) is 1. The summed E-state index contributed by atoms with van der Waals surface area (Å²) in [6, 6.07) is 4.13. The highest BCUT2D eigenvalue weighted by atomic mass is 32.2. The molecule has 0 fully saturated rings. The smallest absolute Gasteiger partial charge is 0.335 e. The minimum atomic E-state index is -3.91. The number of nitrogens with one attached hydrogen (secondary N) is 2. The van der Waals surface area contributed by atoms with Gasteiger partial charge in [0.05, 0.1) is 10.5 Å². The number of aromatic nitrogens is 2. The predicted molar refractivity (Wildman–Crippen MR) is 77.0 cm³/mol. The van der Waals surface area contributed by atoms with Crippen LogP contribution in [-0.4, -0.2) is 29.7 Å². The summed E-state index contributed by atoms with van der Waals surface area (Å²) in [4.78, 5) is 11.0. The fraction of sp³-hybridized carbons (Fsp3) is 0.231. The first-order valence-electron chi connectivity index (χ1n) is 6.10. The molecule has 0 amide bonds. The second-order valence-corrected chi connectivity index (χ2v) is 6.41. The number of rotatable bonds is 4. The van der Waals surface area contributed by atoms with Gasteiger partial charge >= 0.3 is 5.97 Å². The van der Waals surface area contributed by atoms with Gasteiger partial charge in [-0.2, -0.15) is 5.10 Å². The van der Waals surface area contributed by atoms with Crippen LogP contribution in [0.2, 0.25) is 0 Å². The number of sulfonamides is 1. The van der Waals surface area contributed by atoms with Crippen LogP contribution in [0.25, 0.3) is 0 Å². The topological polar surface area (TPSA) is 112 Å². The number of benzene rings is 1. The molecule has 0 saturated heterocycles. The summed E-state index contributed by atoms with van der Waals surface area (Å²) >= 11 is 0. The van der Waals surface area contributed by atoms with Crippen LogP contribution < -0.4 is 4.72 Å². The molecule has 21 heavy (non-hydrogen) atoms. The molecule has 1 heterocycles. The Labute approximate surface area is 122 Å². The van der Waals surface area contributed by atoms with E-state index in [0.717, 1.165) is 6.07 Å². The van der Waals surface area contributed by atoms with Crippen molar-refractivity contribution in [3.63, 3.8) is 0 Å². The van der Waals surface area contributed by atoms with E-state index >= 15 is 0 Å². The van der Waals surface area contributed by atoms with E-state index in [0.29, 0.717) is 16.8 Å². The summed E-state index contributed by atoms with van der Waals surface area (Å²) in [5, 5.41) is 15.5. The molecule has 0 unspecified atom stereocenters. The predicted octanol–water partition coefficient (Wildman–Crippen LogP) is 1.83. The highest BCUT2D eigenvalue weighted by Gasteiger charge is 2.21. The second kappa shape index (κ2) is 5.21. The van der Waals surface area contributed by atoms with E-state index in [1.165, 1.54) is 6.07 Å². The van der Waals surface area contributed by atoms with Gasteiger partial charge < -0.3 is 5.11 Å². The number of aryl methyl sites for hydroxylation is 2. The zero-order valence-electron chi connectivity index (χ0n) is 11.8. The zero-order valence-corrected chi connectivity index (χ0v) is 12.6. The molecule has 3 N–H and O–H groups in total. The van der Waals surface area contributed by atoms with Gasteiger partial charge in [0.1, 0.15) is 0 Å². The van der Waals surface area contributed by atoms with E-state index in [2.05, 4.69) is 14.9 Å². The number of hydrogen-bond donors (Lipinski definition) is 3. The molecular weight excluding hydrogens is 294 g/mol. The van der Waals surface area contributed by atoms with E-state index in [1.807, 2.05) is 0 Å². The molecule has 0 bridgehead atoms. The largest absolute Gasteiger partial charge is 0.478 e. The first kappa shape index (κ1) is 15.0. The number of aromatic amines is 1. The molecule has 0 aliphatic carbocycles. The number of aromatic carboxylic acids is 1. The van der Waals surface area contributed by atoms with Crippen molar-refractivity contribution >= 4 is 21.8 Å². The lowest BCUT2D eigenvalue weighted by Gasteiger charge is -2.11. The van der Waals surface area contributed by atoms with Gasteiger partial charge in [-0.15, -0.1) is 0 Å². The Hall–Kier alpha value is -2.35. The molecule has 0 saturated carbocycles. The lowest BCUT2D eigenvalue weighted by atomic mass is 10.1. The van der Waals surface area contributed by atoms with Gasteiger partial charge in [-0.25, -0.2) is 13.2 Å². The lowest BCUT2D eigenvalue weighted by Crippen LogP contribution is -2.16. The summed E-state index contributed by atoms with van der Waals surface area (Å²) in [6.45, 7) is 5.04. The Morgan fingerprint density at radius 2 is 1.90 bits per heavy atom. The standard InChI is InChI=1S/C13H15N3O4S/c1-7-4-10(13(17)18)6-11(9(7)3)21(19,20)16-12-5-8(2)14-15-12/h4-6H,1-3H3,(H,17,18)(H2,14,15,16). The van der Waals surface area contributed by atoms with Crippen molar-refractivity contribution in [2.75, 3.05) is 4.72 Å². The van der Waals surface area contributed by atoms with Crippen molar-refractivity contribution in [1.29, 1.82) is 0 Å². The number of carboxylic acids is 1. The van der Waals surface area contributed by atoms with Gasteiger partial charge in [0.25, 0.3) is 10.0 Å². The SMILES string of the molecule is Cc1cc(NS(=O)(=O)c2cc(C(=O)O)cc(C)c2C)n[nH]1. The highest BCUT2D eigenvalue weighted by molar-refractivity contribution is 7.92. The van der Waals surface area contributed by atoms with Gasteiger partial charge in [-0.3, -0.25) is 9.82 Å². The fourth-order valence-corrected chi connectivity index (χ4v) is 3.23. The van der Waals surface area contributed by atoms with Crippen LogP contribution >= 0.6 is 0 Å². The van der Waals surface area contributed by atoms with Crippen molar-refractivity contribution in [2.45, 2.75) is 25.7 Å². The molecular formula is C13H15N3O4S. The van der Waals surface area contributed by atoms with Gasteiger partial charge in [0, 0.05) is 11.8 Å². The maximum Gasteiger partial charge on any atom is 0.335 e. The van der Waals surface area contributed by atoms with E-state index in [-0.39, 0.29) is 16.3 Å². The van der Waals surface area contributed by atoms with Crippen molar-refractivity contribution in [2.24, 2.45) is 0 Å². The van der Waals surface area contributed by atoms with E-state index in [9.17, 15) is 13.2 Å². The Kier molecular flexibility index (Phi) is 3.73. The maximum atomic E-state index is 12.4. The van der Waals surface area contributed by atoms with Crippen LogP contribution in [0.15, 0.2) is 23.1 Å². The third-order valence-electron chi connectivity index (χ3n) is 3.10. The molecule has 2 aromatic rings. The van der Waals surface area contributed by atoms with Gasteiger partial charge in [0.15, 0.2) is 5.82 Å². The molecule has 1 aromatic carbocycles. The van der Waals surface area contributed by atoms with Gasteiger partial charge in [0.2, 0.25) is 0 Å². The van der Waals surface area contributed by atoms with Crippen LogP contribution in [0.3, 0.4) is 0 Å². The average Bonchev–Trinajstić information content (AvgIpc) is 2.76. The third kappa shape index (κ3) is 3.05. The molecule has 0 atom stereocenters. The maximum absolute atomic E-state index is 12.4. The number of carbonyl (C=O) groups is 1. The van der Waals surface area contributed by atoms with Crippen molar-refractivity contribution < 1.29 is 18.3 Å². The molecule has 7 nitrogen and oxygen atoms in total. The first-order valence-corrected chi connectivity index (χ1v) is 7.58. The molecule has 0 radical (unpaired) electrons. The highest BCUT2D eigenvalue weighted by Crippen LogP contribution is 2.23. The molecule has 112 valence electrons. The van der Waals surface area contributed by atoms with Crippen LogP contribution in [0.1, 0.15) is 27.2 Å². The minimum Gasteiger partial charge on any atom is -0.478 e. The molecule has 0 spiro atoms. The minimum absolute atomic E-state index is 0.0689. The third-order valence-corrected chi connectivity index (χ3v) is 4.58. The number of hydrogen-bond acceptors (Lipinski definition) is 4. The summed E-state index contributed by atoms with van der Waals surface area (Å²) in [5.74, 6) is -1.02. The van der Waals surface area contributed by atoms with E-state index in [4.69, 9.17) is 5.11 Å². The summed E-state index contributed by atoms with van der Waals surface area (Å²) < 4.78 is 27.1. The Balaban J connectivity index is 2.51. The van der Waals surface area contributed by atoms with Crippen molar-refractivity contribution in [3.8, 4) is 0 Å². The molecule has 0 aliphatic rings. The Morgan fingerprint density at radius 1 is 1.24 bits per heavy atom. The average molecular weight is 309 g/mol. The molecule has 0 aliphatic heterocycles. The van der Waals surface area contributed by atoms with E-state index in [1.54, 1.807) is 26.8 Å². The Morgan fingerprint density at radius 3 is 2.43 bits per heavy atom. The summed E-state index contributed by atoms with van der Waals surface area (Å²) in [6.07, 6.45) is 0. The van der Waals surface area contributed by atoms with Crippen LogP contribution in [0, 0.1) is 20.8 Å². The summed E-state index contributed by atoms with van der Waals surface area (Å²) in [7, 11) is -3.91. The quantitative estimate of drug-likeness (QED) is 0.797. The van der Waals surface area contributed by atoms with Crippen LogP contribution in [0.5, 0.6) is 0 Å². The molecule has 8 heteroatoms. The van der Waals surface area contributed by atoms with Crippen molar-refractivity contribution in [1.82, 2.24) is 10.2 Å². The fourth-order valence-electron chi connectivity index (χ4n) is 1.89.